The topological polar surface area (TPSA) is 32.3 Å². The Morgan fingerprint density at radius 3 is 2.47 bits per heavy atom. The molecule has 1 saturated heterocycles. The molecule has 100 valence electrons. The van der Waals surface area contributed by atoms with Crippen LogP contribution in [0.2, 0.25) is 0 Å². The van der Waals surface area contributed by atoms with Crippen molar-refractivity contribution < 1.29 is 4.79 Å². The third kappa shape index (κ3) is 6.06. The van der Waals surface area contributed by atoms with E-state index in [-0.39, 0.29) is 11.4 Å². The number of nitrogens with one attached hydrogen (secondary N) is 1. The molecule has 0 radical (unpaired) electrons. The lowest BCUT2D eigenvalue weighted by Gasteiger charge is -2.30. The van der Waals surface area contributed by atoms with Crippen LogP contribution < -0.4 is 5.32 Å². The van der Waals surface area contributed by atoms with E-state index in [9.17, 15) is 4.79 Å². The van der Waals surface area contributed by atoms with Crippen molar-refractivity contribution in [1.29, 1.82) is 0 Å². The lowest BCUT2D eigenvalue weighted by atomic mass is 9.97. The number of carbonyl (C=O) groups excluding carboxylic acids is 1. The second-order valence-corrected chi connectivity index (χ2v) is 5.87. The highest BCUT2D eigenvalue weighted by atomic mass is 16.2. The van der Waals surface area contributed by atoms with Crippen molar-refractivity contribution in [2.45, 2.75) is 64.8 Å². The van der Waals surface area contributed by atoms with Crippen LogP contribution in [0.3, 0.4) is 0 Å². The number of hydrogen-bond acceptors (Lipinski definition) is 2. The molecular formula is C14H28N2O. The highest BCUT2D eigenvalue weighted by molar-refractivity contribution is 5.78. The van der Waals surface area contributed by atoms with E-state index in [2.05, 4.69) is 31.0 Å². The molecule has 0 saturated carbocycles. The summed E-state index contributed by atoms with van der Waals surface area (Å²) in [6.45, 7) is 9.18. The van der Waals surface area contributed by atoms with Crippen LogP contribution in [-0.2, 0) is 4.79 Å². The molecule has 0 aromatic rings. The van der Waals surface area contributed by atoms with Crippen LogP contribution >= 0.6 is 0 Å². The standard InChI is InChI=1S/C14H28N2O/c1-4-5-9-14(2,3)15-13(17)12-16-10-7-6-8-11-16/h4-12H2,1-3H3,(H,15,17). The third-order valence-corrected chi connectivity index (χ3v) is 3.45. The predicted molar refractivity (Wildman–Crippen MR) is 72.0 cm³/mol. The van der Waals surface area contributed by atoms with E-state index in [1.807, 2.05) is 0 Å². The van der Waals surface area contributed by atoms with Crippen LogP contribution in [0, 0.1) is 0 Å². The van der Waals surface area contributed by atoms with Crippen LogP contribution in [0.25, 0.3) is 0 Å². The summed E-state index contributed by atoms with van der Waals surface area (Å²) in [5, 5.41) is 3.16. The molecule has 1 heterocycles. The molecule has 0 bridgehead atoms. The Hall–Kier alpha value is -0.570. The van der Waals surface area contributed by atoms with Crippen LogP contribution in [0.15, 0.2) is 0 Å². The van der Waals surface area contributed by atoms with E-state index in [1.54, 1.807) is 0 Å². The molecule has 1 N–H and O–H groups in total. The first-order valence-electron chi connectivity index (χ1n) is 7.07. The average molecular weight is 240 g/mol. The minimum Gasteiger partial charge on any atom is -0.350 e. The average Bonchev–Trinajstić information content (AvgIpc) is 2.27. The molecule has 1 rings (SSSR count). The zero-order valence-electron chi connectivity index (χ0n) is 11.7. The smallest absolute Gasteiger partial charge is 0.234 e. The van der Waals surface area contributed by atoms with Gasteiger partial charge in [-0.15, -0.1) is 0 Å². The summed E-state index contributed by atoms with van der Waals surface area (Å²) in [5.74, 6) is 0.188. The molecule has 0 aromatic heterocycles. The Balaban J connectivity index is 2.27. The number of rotatable bonds is 6. The van der Waals surface area contributed by atoms with Crippen LogP contribution in [0.5, 0.6) is 0 Å². The summed E-state index contributed by atoms with van der Waals surface area (Å²) in [6.07, 6.45) is 7.23. The van der Waals surface area contributed by atoms with Gasteiger partial charge in [-0.1, -0.05) is 26.2 Å². The number of nitrogens with zero attached hydrogens (tertiary/aromatic N) is 1. The van der Waals surface area contributed by atoms with Gasteiger partial charge in [-0.25, -0.2) is 0 Å². The van der Waals surface area contributed by atoms with E-state index in [0.29, 0.717) is 6.54 Å². The Morgan fingerprint density at radius 1 is 1.24 bits per heavy atom. The predicted octanol–water partition coefficient (Wildman–Crippen LogP) is 2.56. The third-order valence-electron chi connectivity index (χ3n) is 3.45. The van der Waals surface area contributed by atoms with Crippen LogP contribution in [0.1, 0.15) is 59.3 Å². The Bertz CT molecular complexity index is 232. The van der Waals surface area contributed by atoms with Gasteiger partial charge in [-0.2, -0.15) is 0 Å². The van der Waals surface area contributed by atoms with Gasteiger partial charge in [0.2, 0.25) is 5.91 Å². The van der Waals surface area contributed by atoms with Gasteiger partial charge in [0.05, 0.1) is 6.54 Å². The molecule has 0 aromatic carbocycles. The van der Waals surface area contributed by atoms with Gasteiger partial charge in [-0.05, 0) is 46.2 Å². The number of hydrogen-bond donors (Lipinski definition) is 1. The van der Waals surface area contributed by atoms with E-state index in [4.69, 9.17) is 0 Å². The first kappa shape index (κ1) is 14.5. The summed E-state index contributed by atoms with van der Waals surface area (Å²) >= 11 is 0. The number of likely N-dealkylation sites (tertiary alicyclic amines) is 1. The highest BCUT2D eigenvalue weighted by Crippen LogP contribution is 2.13. The highest BCUT2D eigenvalue weighted by Gasteiger charge is 2.21. The minimum atomic E-state index is -0.0527. The van der Waals surface area contributed by atoms with E-state index >= 15 is 0 Å². The fraction of sp³-hybridized carbons (Fsp3) is 0.929. The van der Waals surface area contributed by atoms with Gasteiger partial charge in [0.25, 0.3) is 0 Å². The number of unbranched alkanes of at least 4 members (excludes halogenated alkanes) is 1. The SMILES string of the molecule is CCCCC(C)(C)NC(=O)CN1CCCCC1. The maximum absolute atomic E-state index is 11.9. The molecule has 1 aliphatic rings. The second-order valence-electron chi connectivity index (χ2n) is 5.87. The number of amides is 1. The van der Waals surface area contributed by atoms with E-state index in [1.165, 1.54) is 32.1 Å². The molecule has 0 spiro atoms. The summed E-state index contributed by atoms with van der Waals surface area (Å²) < 4.78 is 0. The zero-order valence-corrected chi connectivity index (χ0v) is 11.7. The van der Waals surface area contributed by atoms with Gasteiger partial charge in [0, 0.05) is 5.54 Å². The van der Waals surface area contributed by atoms with E-state index < -0.39 is 0 Å². The van der Waals surface area contributed by atoms with Gasteiger partial charge in [0.1, 0.15) is 0 Å². The van der Waals surface area contributed by atoms with Crippen molar-refractivity contribution in [3.8, 4) is 0 Å². The van der Waals surface area contributed by atoms with Crippen LogP contribution in [0.4, 0.5) is 0 Å². The van der Waals surface area contributed by atoms with Crippen molar-refractivity contribution in [3.63, 3.8) is 0 Å². The summed E-state index contributed by atoms with van der Waals surface area (Å²) in [7, 11) is 0. The molecule has 17 heavy (non-hydrogen) atoms. The maximum Gasteiger partial charge on any atom is 0.234 e. The van der Waals surface area contributed by atoms with Crippen LogP contribution in [-0.4, -0.2) is 36.0 Å². The van der Waals surface area contributed by atoms with Crippen molar-refractivity contribution in [2.75, 3.05) is 19.6 Å². The quantitative estimate of drug-likeness (QED) is 0.774. The zero-order chi connectivity index (χ0) is 12.7. The van der Waals surface area contributed by atoms with Crippen molar-refractivity contribution in [1.82, 2.24) is 10.2 Å². The summed E-state index contributed by atoms with van der Waals surface area (Å²) in [6, 6.07) is 0. The van der Waals surface area contributed by atoms with Crippen molar-refractivity contribution >= 4 is 5.91 Å². The minimum absolute atomic E-state index is 0.0527. The Labute approximate surface area is 106 Å². The Kier molecular flexibility index (Phi) is 5.96. The normalized spacial score (nSPS) is 18.1. The molecular weight excluding hydrogens is 212 g/mol. The van der Waals surface area contributed by atoms with Gasteiger partial charge < -0.3 is 5.32 Å². The lowest BCUT2D eigenvalue weighted by molar-refractivity contribution is -0.124. The Morgan fingerprint density at radius 2 is 1.88 bits per heavy atom. The van der Waals surface area contributed by atoms with Crippen molar-refractivity contribution in [3.05, 3.63) is 0 Å². The van der Waals surface area contributed by atoms with E-state index in [0.717, 1.165) is 19.5 Å². The largest absolute Gasteiger partial charge is 0.350 e. The van der Waals surface area contributed by atoms with Gasteiger partial charge in [0.15, 0.2) is 0 Å². The molecule has 1 amide bonds. The van der Waals surface area contributed by atoms with Gasteiger partial charge in [-0.3, -0.25) is 9.69 Å². The molecule has 3 heteroatoms. The number of carbonyl (C=O) groups is 1. The maximum atomic E-state index is 11.9. The summed E-state index contributed by atoms with van der Waals surface area (Å²) in [5.41, 5.74) is -0.0527. The number of piperidine rings is 1. The first-order chi connectivity index (χ1) is 8.03. The second kappa shape index (κ2) is 7.00. The monoisotopic (exact) mass is 240 g/mol. The molecule has 0 aliphatic carbocycles. The van der Waals surface area contributed by atoms with Crippen molar-refractivity contribution in [2.24, 2.45) is 0 Å². The fourth-order valence-electron chi connectivity index (χ4n) is 2.42. The molecule has 1 aliphatic heterocycles. The molecule has 3 nitrogen and oxygen atoms in total. The summed E-state index contributed by atoms with van der Waals surface area (Å²) in [4.78, 5) is 14.2. The fourth-order valence-corrected chi connectivity index (χ4v) is 2.42. The molecule has 0 unspecified atom stereocenters. The molecule has 0 atom stereocenters. The lowest BCUT2D eigenvalue weighted by Crippen LogP contribution is -2.48. The first-order valence-corrected chi connectivity index (χ1v) is 7.07. The molecule has 1 fully saturated rings. The van der Waals surface area contributed by atoms with Gasteiger partial charge >= 0.3 is 0 Å².